The third-order valence-electron chi connectivity index (χ3n) is 2.57. The number of hydrogen-bond acceptors (Lipinski definition) is 1. The second kappa shape index (κ2) is 3.21. The van der Waals surface area contributed by atoms with Crippen molar-refractivity contribution < 1.29 is 0 Å². The van der Waals surface area contributed by atoms with E-state index in [-0.39, 0.29) is 0 Å². The monoisotopic (exact) mass is 201 g/mol. The van der Waals surface area contributed by atoms with E-state index in [0.29, 0.717) is 0 Å². The number of fused-ring (bicyclic) bond motifs is 1. The molecule has 70 valence electrons. The highest BCUT2D eigenvalue weighted by Crippen LogP contribution is 2.36. The molecule has 3 rings (SSSR count). The summed E-state index contributed by atoms with van der Waals surface area (Å²) in [6, 6.07) is 12.8. The lowest BCUT2D eigenvalue weighted by Gasteiger charge is -2.00. The molecule has 0 unspecified atom stereocenters. The maximum absolute atomic E-state index is 2.34. The van der Waals surface area contributed by atoms with Crippen molar-refractivity contribution in [2.75, 3.05) is 5.75 Å². The first kappa shape index (κ1) is 8.18. The van der Waals surface area contributed by atoms with Crippen LogP contribution in [0.4, 0.5) is 0 Å². The number of aryl methyl sites for hydroxylation is 1. The lowest BCUT2D eigenvalue weighted by Crippen LogP contribution is -1.88. The van der Waals surface area contributed by atoms with Gasteiger partial charge in [0, 0.05) is 24.1 Å². The molecule has 0 spiro atoms. The van der Waals surface area contributed by atoms with Gasteiger partial charge >= 0.3 is 0 Å². The Morgan fingerprint density at radius 1 is 1.07 bits per heavy atom. The molecule has 1 aliphatic rings. The largest absolute Gasteiger partial charge is 0.341 e. The predicted molar refractivity (Wildman–Crippen MR) is 60.6 cm³/mol. The lowest BCUT2D eigenvalue weighted by molar-refractivity contribution is 0.742. The summed E-state index contributed by atoms with van der Waals surface area (Å²) in [4.78, 5) is 0. The summed E-state index contributed by atoms with van der Waals surface area (Å²) < 4.78 is 2.34. The Morgan fingerprint density at radius 2 is 1.93 bits per heavy atom. The van der Waals surface area contributed by atoms with Crippen LogP contribution in [0.2, 0.25) is 0 Å². The summed E-state index contributed by atoms with van der Waals surface area (Å²) in [6.07, 6.45) is 2.19. The number of thioether (sulfide) groups is 1. The highest BCUT2D eigenvalue weighted by Gasteiger charge is 2.15. The van der Waals surface area contributed by atoms with Gasteiger partial charge in [0.05, 0.1) is 5.03 Å². The highest BCUT2D eigenvalue weighted by atomic mass is 32.2. The number of nitrogens with zero attached hydrogens (tertiary/aromatic N) is 1. The molecule has 1 aromatic carbocycles. The molecule has 14 heavy (non-hydrogen) atoms. The van der Waals surface area contributed by atoms with Crippen molar-refractivity contribution in [3.63, 3.8) is 0 Å². The number of rotatable bonds is 1. The minimum absolute atomic E-state index is 1.16. The van der Waals surface area contributed by atoms with Crippen molar-refractivity contribution in [1.82, 2.24) is 4.57 Å². The van der Waals surface area contributed by atoms with E-state index in [0.717, 1.165) is 6.54 Å². The summed E-state index contributed by atoms with van der Waals surface area (Å²) in [6.45, 7) is 1.16. The zero-order valence-electron chi connectivity index (χ0n) is 7.81. The third kappa shape index (κ3) is 1.18. The van der Waals surface area contributed by atoms with E-state index >= 15 is 0 Å². The molecule has 0 atom stereocenters. The summed E-state index contributed by atoms with van der Waals surface area (Å²) in [7, 11) is 0. The van der Waals surface area contributed by atoms with Gasteiger partial charge in [-0.05, 0) is 11.6 Å². The normalized spacial score (nSPS) is 14.3. The summed E-state index contributed by atoms with van der Waals surface area (Å²) >= 11 is 1.96. The van der Waals surface area contributed by atoms with Gasteiger partial charge in [-0.25, -0.2) is 0 Å². The Morgan fingerprint density at radius 3 is 2.79 bits per heavy atom. The Balaban J connectivity index is 2.13. The molecule has 0 fully saturated rings. The van der Waals surface area contributed by atoms with Crippen molar-refractivity contribution in [3.05, 3.63) is 42.6 Å². The smallest absolute Gasteiger partial charge is 0.0828 e. The van der Waals surface area contributed by atoms with Gasteiger partial charge in [0.1, 0.15) is 0 Å². The molecule has 2 heteroatoms. The van der Waals surface area contributed by atoms with Gasteiger partial charge in [0.15, 0.2) is 0 Å². The highest BCUT2D eigenvalue weighted by molar-refractivity contribution is 7.99. The molecular formula is C12H11NS. The van der Waals surface area contributed by atoms with E-state index in [1.807, 2.05) is 11.8 Å². The lowest BCUT2D eigenvalue weighted by atomic mass is 10.1. The fraction of sp³-hybridized carbons (Fsp3) is 0.167. The Bertz CT molecular complexity index is 445. The molecule has 0 aliphatic carbocycles. The van der Waals surface area contributed by atoms with Gasteiger partial charge < -0.3 is 4.57 Å². The van der Waals surface area contributed by atoms with Gasteiger partial charge in [0.2, 0.25) is 0 Å². The second-order valence-corrected chi connectivity index (χ2v) is 4.53. The molecule has 0 bridgehead atoms. The SMILES string of the molecule is c1ccc(-c2ccn3c2SCC3)cc1. The Hall–Kier alpha value is -1.15. The van der Waals surface area contributed by atoms with Crippen LogP contribution in [0, 0.1) is 0 Å². The molecule has 0 saturated carbocycles. The molecule has 0 saturated heterocycles. The fourth-order valence-electron chi connectivity index (χ4n) is 1.87. The maximum atomic E-state index is 2.34. The maximum Gasteiger partial charge on any atom is 0.0828 e. The van der Waals surface area contributed by atoms with Crippen molar-refractivity contribution in [3.8, 4) is 11.1 Å². The van der Waals surface area contributed by atoms with Gasteiger partial charge in [-0.1, -0.05) is 30.3 Å². The van der Waals surface area contributed by atoms with E-state index in [1.165, 1.54) is 21.9 Å². The van der Waals surface area contributed by atoms with Crippen molar-refractivity contribution in [1.29, 1.82) is 0 Å². The number of aromatic nitrogens is 1. The second-order valence-electron chi connectivity index (χ2n) is 3.44. The summed E-state index contributed by atoms with van der Waals surface area (Å²) in [5.41, 5.74) is 2.71. The molecule has 2 heterocycles. The summed E-state index contributed by atoms with van der Waals surface area (Å²) in [5.74, 6) is 1.22. The van der Waals surface area contributed by atoms with Crippen LogP contribution < -0.4 is 0 Å². The summed E-state index contributed by atoms with van der Waals surface area (Å²) in [5, 5.41) is 1.43. The topological polar surface area (TPSA) is 4.93 Å². The third-order valence-corrected chi connectivity index (χ3v) is 3.68. The van der Waals surface area contributed by atoms with Gasteiger partial charge in [0.25, 0.3) is 0 Å². The number of hydrogen-bond donors (Lipinski definition) is 0. The Labute approximate surface area is 87.8 Å². The first-order valence-electron chi connectivity index (χ1n) is 4.82. The van der Waals surface area contributed by atoms with Gasteiger partial charge in [-0.2, -0.15) is 0 Å². The zero-order valence-corrected chi connectivity index (χ0v) is 8.63. The fourth-order valence-corrected chi connectivity index (χ4v) is 3.01. The molecular weight excluding hydrogens is 190 g/mol. The predicted octanol–water partition coefficient (Wildman–Crippen LogP) is 3.26. The van der Waals surface area contributed by atoms with Crippen LogP contribution >= 0.6 is 11.8 Å². The average molecular weight is 201 g/mol. The zero-order chi connectivity index (χ0) is 9.38. The van der Waals surface area contributed by atoms with Crippen LogP contribution in [0.5, 0.6) is 0 Å². The minimum atomic E-state index is 1.16. The van der Waals surface area contributed by atoms with Crippen molar-refractivity contribution in [2.45, 2.75) is 11.6 Å². The van der Waals surface area contributed by atoms with Crippen molar-refractivity contribution >= 4 is 11.8 Å². The van der Waals surface area contributed by atoms with Crippen LogP contribution in [0.3, 0.4) is 0 Å². The minimum Gasteiger partial charge on any atom is -0.341 e. The van der Waals surface area contributed by atoms with Gasteiger partial charge in [-0.3, -0.25) is 0 Å². The molecule has 1 nitrogen and oxygen atoms in total. The van der Waals surface area contributed by atoms with Crippen molar-refractivity contribution in [2.24, 2.45) is 0 Å². The van der Waals surface area contributed by atoms with Crippen LogP contribution in [-0.4, -0.2) is 10.3 Å². The van der Waals surface area contributed by atoms with E-state index in [9.17, 15) is 0 Å². The molecule has 1 aromatic heterocycles. The van der Waals surface area contributed by atoms with Gasteiger partial charge in [-0.15, -0.1) is 11.8 Å². The standard InChI is InChI=1S/C12H11NS/c1-2-4-10(5-3-1)11-6-7-13-8-9-14-12(11)13/h1-7H,8-9H2. The van der Waals surface area contributed by atoms with E-state index in [2.05, 4.69) is 47.2 Å². The van der Waals surface area contributed by atoms with E-state index in [1.54, 1.807) is 0 Å². The molecule has 0 amide bonds. The van der Waals surface area contributed by atoms with Crippen LogP contribution in [0.15, 0.2) is 47.6 Å². The first-order chi connectivity index (χ1) is 6.95. The van der Waals surface area contributed by atoms with E-state index < -0.39 is 0 Å². The first-order valence-corrected chi connectivity index (χ1v) is 5.81. The molecule has 2 aromatic rings. The Kier molecular flexibility index (Phi) is 1.88. The van der Waals surface area contributed by atoms with Crippen LogP contribution in [0.25, 0.3) is 11.1 Å². The van der Waals surface area contributed by atoms with Crippen LogP contribution in [-0.2, 0) is 6.54 Å². The quantitative estimate of drug-likeness (QED) is 0.685. The van der Waals surface area contributed by atoms with E-state index in [4.69, 9.17) is 0 Å². The molecule has 0 N–H and O–H groups in total. The molecule has 0 radical (unpaired) electrons. The average Bonchev–Trinajstić information content (AvgIpc) is 2.79. The molecule has 1 aliphatic heterocycles. The number of benzene rings is 1. The van der Waals surface area contributed by atoms with Crippen LogP contribution in [0.1, 0.15) is 0 Å².